The number of rotatable bonds is 5. The molecule has 0 aliphatic carbocycles. The molecule has 0 radical (unpaired) electrons. The van der Waals surface area contributed by atoms with Crippen molar-refractivity contribution in [1.29, 1.82) is 0 Å². The fourth-order valence-electron chi connectivity index (χ4n) is 5.62. The highest BCUT2D eigenvalue weighted by Gasteiger charge is 2.25. The van der Waals surface area contributed by atoms with Gasteiger partial charge < -0.3 is 15.0 Å². The van der Waals surface area contributed by atoms with Crippen molar-refractivity contribution >= 4 is 17.5 Å². The molecule has 2 amide bonds. The summed E-state index contributed by atoms with van der Waals surface area (Å²) in [5.41, 5.74) is 4.68. The van der Waals surface area contributed by atoms with Crippen LogP contribution in [0.3, 0.4) is 0 Å². The molecule has 1 N–H and O–H groups in total. The lowest BCUT2D eigenvalue weighted by molar-refractivity contribution is -0.116. The number of fused-ring (bicyclic) bond motifs is 1. The van der Waals surface area contributed by atoms with Crippen LogP contribution in [0.5, 0.6) is 0 Å². The first-order chi connectivity index (χ1) is 17.9. The van der Waals surface area contributed by atoms with E-state index >= 15 is 0 Å². The van der Waals surface area contributed by atoms with Gasteiger partial charge in [-0.2, -0.15) is 5.10 Å². The SMILES string of the molecule is CC(=O)N1CCCCCCCN(C2CCOCC2)Cc2cc(C(=O)NCCn3nc(C)cc3C)ccc21. The second-order valence-corrected chi connectivity index (χ2v) is 10.5. The first-order valence-electron chi connectivity index (χ1n) is 13.9. The molecule has 8 heteroatoms. The van der Waals surface area contributed by atoms with E-state index in [9.17, 15) is 9.59 Å². The Kier molecular flexibility index (Phi) is 9.75. The van der Waals surface area contributed by atoms with Gasteiger partial charge in [-0.25, -0.2) is 0 Å². The van der Waals surface area contributed by atoms with Crippen LogP contribution in [0.1, 0.15) is 79.2 Å². The number of amides is 2. The third-order valence-corrected chi connectivity index (χ3v) is 7.63. The second kappa shape index (κ2) is 13.2. The Morgan fingerprint density at radius 2 is 1.76 bits per heavy atom. The summed E-state index contributed by atoms with van der Waals surface area (Å²) in [5.74, 6) is -0.0412. The largest absolute Gasteiger partial charge is 0.381 e. The van der Waals surface area contributed by atoms with Crippen LogP contribution in [0.4, 0.5) is 5.69 Å². The summed E-state index contributed by atoms with van der Waals surface area (Å²) in [4.78, 5) is 30.3. The highest BCUT2D eigenvalue weighted by atomic mass is 16.5. The van der Waals surface area contributed by atoms with E-state index in [1.807, 2.05) is 47.7 Å². The van der Waals surface area contributed by atoms with Crippen LogP contribution in [0, 0.1) is 13.8 Å². The van der Waals surface area contributed by atoms with Gasteiger partial charge in [0.15, 0.2) is 0 Å². The number of aryl methyl sites for hydroxylation is 2. The highest BCUT2D eigenvalue weighted by Crippen LogP contribution is 2.28. The van der Waals surface area contributed by atoms with Gasteiger partial charge in [-0.15, -0.1) is 0 Å². The number of hydrogen-bond donors (Lipinski definition) is 1. The molecule has 0 unspecified atom stereocenters. The van der Waals surface area contributed by atoms with E-state index in [4.69, 9.17) is 4.74 Å². The van der Waals surface area contributed by atoms with Gasteiger partial charge in [0.05, 0.1) is 12.2 Å². The summed E-state index contributed by atoms with van der Waals surface area (Å²) in [6, 6.07) is 8.34. The van der Waals surface area contributed by atoms with Crippen molar-refractivity contribution in [3.8, 4) is 0 Å². The number of nitrogens with zero attached hydrogens (tertiary/aromatic N) is 4. The maximum Gasteiger partial charge on any atom is 0.251 e. The zero-order chi connectivity index (χ0) is 26.2. The highest BCUT2D eigenvalue weighted by molar-refractivity contribution is 5.97. The van der Waals surface area contributed by atoms with Crippen LogP contribution in [0.15, 0.2) is 24.3 Å². The smallest absolute Gasteiger partial charge is 0.251 e. The van der Waals surface area contributed by atoms with E-state index in [1.165, 1.54) is 19.3 Å². The molecule has 4 rings (SSSR count). The zero-order valence-electron chi connectivity index (χ0n) is 22.8. The Balaban J connectivity index is 1.56. The maximum absolute atomic E-state index is 13.1. The minimum Gasteiger partial charge on any atom is -0.381 e. The molecule has 37 heavy (non-hydrogen) atoms. The van der Waals surface area contributed by atoms with Crippen LogP contribution < -0.4 is 10.2 Å². The summed E-state index contributed by atoms with van der Waals surface area (Å²) < 4.78 is 7.56. The van der Waals surface area contributed by atoms with Crippen molar-refractivity contribution in [2.45, 2.75) is 84.8 Å². The van der Waals surface area contributed by atoms with Crippen molar-refractivity contribution in [1.82, 2.24) is 20.0 Å². The van der Waals surface area contributed by atoms with Crippen molar-refractivity contribution in [2.24, 2.45) is 0 Å². The minimum absolute atomic E-state index is 0.0537. The average molecular weight is 510 g/mol. The molecule has 3 heterocycles. The Bertz CT molecular complexity index is 1060. The predicted octanol–water partition coefficient (Wildman–Crippen LogP) is 4.23. The van der Waals surface area contributed by atoms with Crippen LogP contribution in [-0.4, -0.2) is 65.4 Å². The lowest BCUT2D eigenvalue weighted by Gasteiger charge is -2.36. The molecule has 8 nitrogen and oxygen atoms in total. The first-order valence-corrected chi connectivity index (χ1v) is 13.9. The van der Waals surface area contributed by atoms with Gasteiger partial charge >= 0.3 is 0 Å². The number of aromatic nitrogens is 2. The van der Waals surface area contributed by atoms with Gasteiger partial charge in [0, 0.05) is 62.8 Å². The molecule has 1 saturated heterocycles. The predicted molar refractivity (Wildman–Crippen MR) is 146 cm³/mol. The minimum atomic E-state index is -0.0950. The molecule has 0 spiro atoms. The number of carbonyl (C=O) groups is 2. The number of nitrogens with one attached hydrogen (secondary N) is 1. The molecule has 1 aromatic heterocycles. The second-order valence-electron chi connectivity index (χ2n) is 10.5. The average Bonchev–Trinajstić information content (AvgIpc) is 3.20. The van der Waals surface area contributed by atoms with Gasteiger partial charge in [-0.3, -0.25) is 19.2 Å². The van der Waals surface area contributed by atoms with E-state index in [-0.39, 0.29) is 11.8 Å². The molecule has 0 atom stereocenters. The Morgan fingerprint density at radius 1 is 1.03 bits per heavy atom. The number of hydrogen-bond acceptors (Lipinski definition) is 5. The van der Waals surface area contributed by atoms with Crippen molar-refractivity contribution < 1.29 is 14.3 Å². The lowest BCUT2D eigenvalue weighted by atomic mass is 10.0. The zero-order valence-corrected chi connectivity index (χ0v) is 22.8. The molecule has 2 aliphatic heterocycles. The molecule has 1 fully saturated rings. The number of anilines is 1. The molecule has 0 saturated carbocycles. The van der Waals surface area contributed by atoms with Crippen LogP contribution in [0.25, 0.3) is 0 Å². The number of benzene rings is 1. The van der Waals surface area contributed by atoms with Gasteiger partial charge in [0.2, 0.25) is 5.91 Å². The quantitative estimate of drug-likeness (QED) is 0.653. The first kappa shape index (κ1) is 27.3. The van der Waals surface area contributed by atoms with Gasteiger partial charge in [0.1, 0.15) is 0 Å². The number of ether oxygens (including phenoxy) is 1. The molecule has 2 aliphatic rings. The van der Waals surface area contributed by atoms with E-state index in [2.05, 4.69) is 15.3 Å². The van der Waals surface area contributed by atoms with E-state index in [1.54, 1.807) is 6.92 Å². The molecule has 1 aromatic carbocycles. The Morgan fingerprint density at radius 3 is 2.46 bits per heavy atom. The molecule has 202 valence electrons. The fraction of sp³-hybridized carbons (Fsp3) is 0.621. The van der Waals surface area contributed by atoms with Crippen LogP contribution >= 0.6 is 0 Å². The summed E-state index contributed by atoms with van der Waals surface area (Å²) in [6.45, 7) is 10.9. The normalized spacial score (nSPS) is 18.5. The monoisotopic (exact) mass is 509 g/mol. The summed E-state index contributed by atoms with van der Waals surface area (Å²) in [6.07, 6.45) is 7.77. The molecule has 2 aromatic rings. The van der Waals surface area contributed by atoms with E-state index in [0.717, 1.165) is 74.6 Å². The van der Waals surface area contributed by atoms with Gasteiger partial charge in [0.25, 0.3) is 5.91 Å². The summed E-state index contributed by atoms with van der Waals surface area (Å²) >= 11 is 0. The molecule has 0 bridgehead atoms. The summed E-state index contributed by atoms with van der Waals surface area (Å²) in [5, 5.41) is 7.54. The fourth-order valence-corrected chi connectivity index (χ4v) is 5.62. The van der Waals surface area contributed by atoms with Gasteiger partial charge in [-0.05, 0) is 75.9 Å². The summed E-state index contributed by atoms with van der Waals surface area (Å²) in [7, 11) is 0. The van der Waals surface area contributed by atoms with Gasteiger partial charge in [-0.1, -0.05) is 19.3 Å². The topological polar surface area (TPSA) is 79.7 Å². The number of carbonyl (C=O) groups excluding carboxylic acids is 2. The van der Waals surface area contributed by atoms with E-state index in [0.29, 0.717) is 31.2 Å². The van der Waals surface area contributed by atoms with E-state index < -0.39 is 0 Å². The molecular weight excluding hydrogens is 466 g/mol. The van der Waals surface area contributed by atoms with Crippen molar-refractivity contribution in [3.63, 3.8) is 0 Å². The Hall–Kier alpha value is -2.71. The lowest BCUT2D eigenvalue weighted by Crippen LogP contribution is -2.40. The van der Waals surface area contributed by atoms with Crippen LogP contribution in [-0.2, 0) is 22.6 Å². The third kappa shape index (κ3) is 7.42. The Labute approximate surface area is 221 Å². The standard InChI is InChI=1S/C29H43N5O3/c1-22-19-23(2)34(31-22)16-13-30-29(36)25-9-10-28-26(20-25)21-32(27-11-17-37-18-12-27)14-7-5-4-6-8-15-33(28)24(3)35/h9-10,19-20,27H,4-8,11-18,21H2,1-3H3,(H,30,36). The molecular formula is C29H43N5O3. The van der Waals surface area contributed by atoms with Crippen LogP contribution in [0.2, 0.25) is 0 Å². The van der Waals surface area contributed by atoms with Crippen molar-refractivity contribution in [3.05, 3.63) is 46.8 Å². The third-order valence-electron chi connectivity index (χ3n) is 7.63. The van der Waals surface area contributed by atoms with Crippen molar-refractivity contribution in [2.75, 3.05) is 37.7 Å². The maximum atomic E-state index is 13.1.